The number of pyridine rings is 1. The fourth-order valence-corrected chi connectivity index (χ4v) is 4.61. The number of rotatable bonds is 3. The van der Waals surface area contributed by atoms with E-state index in [-0.39, 0.29) is 24.7 Å². The minimum atomic E-state index is -3.00. The van der Waals surface area contributed by atoms with E-state index in [2.05, 4.69) is 14.8 Å². The summed E-state index contributed by atoms with van der Waals surface area (Å²) in [5.74, 6) is -0.289. The highest BCUT2D eigenvalue weighted by atomic mass is 32.2. The highest BCUT2D eigenvalue weighted by molar-refractivity contribution is 7.83. The molecular weight excluding hydrogens is 478 g/mol. The highest BCUT2D eigenvalue weighted by Crippen LogP contribution is 2.36. The summed E-state index contributed by atoms with van der Waals surface area (Å²) >= 11 is 0. The molecule has 186 valence electrons. The third-order valence-corrected chi connectivity index (χ3v) is 6.71. The molecule has 11 heteroatoms. The summed E-state index contributed by atoms with van der Waals surface area (Å²) < 4.78 is 53.8. The van der Waals surface area contributed by atoms with Gasteiger partial charge in [0.15, 0.2) is 11.0 Å². The van der Waals surface area contributed by atoms with Crippen LogP contribution in [0.25, 0.3) is 11.1 Å². The SMILES string of the molecule is CC(C)c1cc(OC(F)F)cc2c1CC(=O)NS(=O)c1cnn(c1)C(C)(C)COc1cc-2ccn1. The number of hydrogen-bond donors (Lipinski definition) is 1. The van der Waals surface area contributed by atoms with E-state index in [1.165, 1.54) is 18.3 Å². The molecule has 1 atom stereocenters. The van der Waals surface area contributed by atoms with Crippen LogP contribution in [0.4, 0.5) is 8.78 Å². The number of carbonyl (C=O) groups is 1. The zero-order chi connectivity index (χ0) is 25.3. The minimum Gasteiger partial charge on any atom is -0.475 e. The van der Waals surface area contributed by atoms with Crippen molar-refractivity contribution in [3.05, 3.63) is 54.0 Å². The Bertz CT molecular complexity index is 1280. The van der Waals surface area contributed by atoms with Gasteiger partial charge in [0.05, 0.1) is 23.1 Å². The largest absolute Gasteiger partial charge is 0.475 e. The van der Waals surface area contributed by atoms with Gasteiger partial charge in [-0.1, -0.05) is 13.8 Å². The van der Waals surface area contributed by atoms with Gasteiger partial charge >= 0.3 is 6.61 Å². The van der Waals surface area contributed by atoms with Crippen molar-refractivity contribution in [1.82, 2.24) is 19.5 Å². The van der Waals surface area contributed by atoms with E-state index in [9.17, 15) is 17.8 Å². The minimum absolute atomic E-state index is 0.0174. The zero-order valence-electron chi connectivity index (χ0n) is 19.7. The molecule has 3 heterocycles. The second kappa shape index (κ2) is 9.73. The molecule has 1 aliphatic heterocycles. The molecule has 1 unspecified atom stereocenters. The Morgan fingerprint density at radius 3 is 2.74 bits per heavy atom. The molecule has 0 spiro atoms. The van der Waals surface area contributed by atoms with Gasteiger partial charge in [-0.3, -0.25) is 14.2 Å². The summed E-state index contributed by atoms with van der Waals surface area (Å²) in [7, 11) is -1.83. The number of fused-ring (bicyclic) bond motifs is 6. The standard InChI is InChI=1S/C24H26F2N4O4S/c1-14(2)18-8-16(34-23(25)26)9-19-15-5-6-27-22(7-15)33-13-24(3,4)30-12-17(11-28-30)35(32)29-21(31)10-20(18)19/h5-9,11-12,14,23H,10,13H2,1-4H3,(H,29,31). The second-order valence-electron chi connectivity index (χ2n) is 9.15. The van der Waals surface area contributed by atoms with Crippen LogP contribution in [-0.4, -0.2) is 38.1 Å². The van der Waals surface area contributed by atoms with Gasteiger partial charge in [0.1, 0.15) is 12.4 Å². The monoisotopic (exact) mass is 504 g/mol. The smallest absolute Gasteiger partial charge is 0.387 e. The van der Waals surface area contributed by atoms with Crippen molar-refractivity contribution in [2.24, 2.45) is 0 Å². The summed E-state index contributed by atoms with van der Waals surface area (Å²) in [5.41, 5.74) is 1.80. The van der Waals surface area contributed by atoms with E-state index in [4.69, 9.17) is 9.47 Å². The number of halogens is 2. The van der Waals surface area contributed by atoms with Crippen LogP contribution in [0.2, 0.25) is 0 Å². The summed E-state index contributed by atoms with van der Waals surface area (Å²) in [5, 5.41) is 4.29. The summed E-state index contributed by atoms with van der Waals surface area (Å²) in [6, 6.07) is 6.39. The molecule has 1 aromatic carbocycles. The van der Waals surface area contributed by atoms with Gasteiger partial charge in [0.2, 0.25) is 11.8 Å². The van der Waals surface area contributed by atoms with Crippen molar-refractivity contribution in [2.45, 2.75) is 57.1 Å². The molecule has 0 saturated carbocycles. The summed E-state index contributed by atoms with van der Waals surface area (Å²) in [6.45, 7) is 4.77. The van der Waals surface area contributed by atoms with Crippen LogP contribution in [0.5, 0.6) is 11.6 Å². The topological polar surface area (TPSA) is 95.3 Å². The first-order valence-corrected chi connectivity index (χ1v) is 12.2. The quantitative estimate of drug-likeness (QED) is 0.575. The van der Waals surface area contributed by atoms with Crippen LogP contribution in [0.3, 0.4) is 0 Å². The lowest BCUT2D eigenvalue weighted by Gasteiger charge is -2.25. The Morgan fingerprint density at radius 1 is 1.26 bits per heavy atom. The fourth-order valence-electron chi connectivity index (χ4n) is 3.87. The maximum Gasteiger partial charge on any atom is 0.387 e. The molecule has 4 bridgehead atoms. The Balaban J connectivity index is 1.88. The highest BCUT2D eigenvalue weighted by Gasteiger charge is 2.26. The van der Waals surface area contributed by atoms with Gasteiger partial charge in [-0.2, -0.15) is 13.9 Å². The van der Waals surface area contributed by atoms with Crippen molar-refractivity contribution in [1.29, 1.82) is 0 Å². The number of nitrogens with one attached hydrogen (secondary N) is 1. The summed E-state index contributed by atoms with van der Waals surface area (Å²) in [6.07, 6.45) is 4.47. The van der Waals surface area contributed by atoms with Crippen LogP contribution >= 0.6 is 0 Å². The van der Waals surface area contributed by atoms with E-state index < -0.39 is 29.0 Å². The first-order chi connectivity index (χ1) is 16.5. The van der Waals surface area contributed by atoms with E-state index in [0.717, 1.165) is 0 Å². The molecule has 35 heavy (non-hydrogen) atoms. The van der Waals surface area contributed by atoms with Crippen molar-refractivity contribution < 1.29 is 27.3 Å². The van der Waals surface area contributed by atoms with Gasteiger partial charge in [0, 0.05) is 18.5 Å². The van der Waals surface area contributed by atoms with E-state index in [1.54, 1.807) is 29.2 Å². The van der Waals surface area contributed by atoms with Crippen LogP contribution in [-0.2, 0) is 27.7 Å². The molecule has 1 amide bonds. The Morgan fingerprint density at radius 2 is 2.03 bits per heavy atom. The predicted molar refractivity (Wildman–Crippen MR) is 126 cm³/mol. The third kappa shape index (κ3) is 5.50. The Hall–Kier alpha value is -3.34. The lowest BCUT2D eigenvalue weighted by molar-refractivity contribution is -0.118. The van der Waals surface area contributed by atoms with Crippen molar-refractivity contribution in [3.8, 4) is 22.8 Å². The molecule has 0 aliphatic carbocycles. The number of hydrogen-bond acceptors (Lipinski definition) is 6. The maximum absolute atomic E-state index is 13.1. The number of ether oxygens (including phenoxy) is 2. The average molecular weight is 505 g/mol. The van der Waals surface area contributed by atoms with Gasteiger partial charge in [-0.05, 0) is 60.2 Å². The Labute approximate surface area is 204 Å². The molecule has 2 aromatic heterocycles. The molecule has 1 N–H and O–H groups in total. The zero-order valence-corrected chi connectivity index (χ0v) is 20.6. The fraction of sp³-hybridized carbons (Fsp3) is 0.375. The first-order valence-electron chi connectivity index (χ1n) is 11.0. The second-order valence-corrected chi connectivity index (χ2v) is 10.4. The maximum atomic E-state index is 13.1. The third-order valence-electron chi connectivity index (χ3n) is 5.66. The first kappa shape index (κ1) is 24.8. The summed E-state index contributed by atoms with van der Waals surface area (Å²) in [4.78, 5) is 17.6. The van der Waals surface area contributed by atoms with E-state index >= 15 is 0 Å². The average Bonchev–Trinajstić information content (AvgIpc) is 3.29. The van der Waals surface area contributed by atoms with Crippen molar-refractivity contribution in [3.63, 3.8) is 0 Å². The molecule has 4 rings (SSSR count). The van der Waals surface area contributed by atoms with Gasteiger partial charge in [-0.25, -0.2) is 9.19 Å². The van der Waals surface area contributed by atoms with Gasteiger partial charge in [0.25, 0.3) is 0 Å². The van der Waals surface area contributed by atoms with Crippen LogP contribution in [0, 0.1) is 0 Å². The number of alkyl halides is 2. The van der Waals surface area contributed by atoms with Crippen LogP contribution in [0.15, 0.2) is 47.8 Å². The van der Waals surface area contributed by atoms with Crippen molar-refractivity contribution >= 4 is 16.9 Å². The van der Waals surface area contributed by atoms with Crippen LogP contribution in [0.1, 0.15) is 44.7 Å². The molecule has 3 aromatic rings. The van der Waals surface area contributed by atoms with Gasteiger partial charge < -0.3 is 9.47 Å². The number of amides is 1. The predicted octanol–water partition coefficient (Wildman–Crippen LogP) is 4.18. The van der Waals surface area contributed by atoms with E-state index in [1.807, 2.05) is 27.7 Å². The van der Waals surface area contributed by atoms with Crippen LogP contribution < -0.4 is 14.2 Å². The number of carbonyl (C=O) groups excluding carboxylic acids is 1. The molecule has 0 fully saturated rings. The Kier molecular flexibility index (Phi) is 6.88. The molecule has 0 saturated heterocycles. The molecular formula is C24H26F2N4O4S. The normalized spacial score (nSPS) is 17.7. The molecule has 1 aliphatic rings. The number of aromatic nitrogens is 3. The number of nitrogens with zero attached hydrogens (tertiary/aromatic N) is 3. The lowest BCUT2D eigenvalue weighted by Crippen LogP contribution is -2.34. The molecule has 8 nitrogen and oxygen atoms in total. The van der Waals surface area contributed by atoms with Gasteiger partial charge in [-0.15, -0.1) is 0 Å². The van der Waals surface area contributed by atoms with E-state index in [0.29, 0.717) is 33.0 Å². The number of benzene rings is 1. The lowest BCUT2D eigenvalue weighted by atomic mass is 9.88. The van der Waals surface area contributed by atoms with Crippen molar-refractivity contribution in [2.75, 3.05) is 6.61 Å². The molecule has 0 radical (unpaired) electrons.